The monoisotopic (exact) mass is 331 g/mol. The van der Waals surface area contributed by atoms with Crippen LogP contribution in [0.2, 0.25) is 0 Å². The fourth-order valence-electron chi connectivity index (χ4n) is 2.06. The van der Waals surface area contributed by atoms with Gasteiger partial charge >= 0.3 is 0 Å². The molecule has 1 unspecified atom stereocenters. The average molecular weight is 331 g/mol. The number of hydrogen-bond donors (Lipinski definition) is 1. The van der Waals surface area contributed by atoms with Gasteiger partial charge in [-0.1, -0.05) is 0 Å². The van der Waals surface area contributed by atoms with Crippen LogP contribution in [0.1, 0.15) is 23.7 Å². The van der Waals surface area contributed by atoms with E-state index in [-0.39, 0.29) is 6.04 Å². The molecule has 0 amide bonds. The highest BCUT2D eigenvalue weighted by molar-refractivity contribution is 7.15. The van der Waals surface area contributed by atoms with Crippen LogP contribution in [0.15, 0.2) is 31.0 Å². The summed E-state index contributed by atoms with van der Waals surface area (Å²) in [5.74, 6) is 0.789. The molecule has 3 rings (SSSR count). The second kappa shape index (κ2) is 6.21. The average Bonchev–Trinajstić information content (AvgIpc) is 2.94. The largest absolute Gasteiger partial charge is 0.382 e. The summed E-state index contributed by atoms with van der Waals surface area (Å²) < 4.78 is 13.1. The number of aromatic nitrogens is 5. The Balaban J connectivity index is 2.06. The number of nitrogens with zero attached hydrogens (tertiary/aromatic N) is 6. The Morgan fingerprint density at radius 2 is 1.87 bits per heavy atom. The molecule has 0 aliphatic heterocycles. The van der Waals surface area contributed by atoms with Gasteiger partial charge in [0.1, 0.15) is 5.82 Å². The maximum Gasteiger partial charge on any atom is 0.191 e. The molecule has 7 nitrogen and oxygen atoms in total. The van der Waals surface area contributed by atoms with Crippen LogP contribution in [0, 0.1) is 12.7 Å². The molecule has 0 saturated heterocycles. The lowest BCUT2D eigenvalue weighted by molar-refractivity contribution is 0.599. The van der Waals surface area contributed by atoms with Crippen molar-refractivity contribution < 1.29 is 4.39 Å². The normalized spacial score (nSPS) is 12.1. The Morgan fingerprint density at radius 1 is 1.13 bits per heavy atom. The summed E-state index contributed by atoms with van der Waals surface area (Å²) >= 11 is 1.50. The van der Waals surface area contributed by atoms with Crippen LogP contribution < -0.4 is 10.6 Å². The van der Waals surface area contributed by atoms with Gasteiger partial charge in [0.05, 0.1) is 30.8 Å². The molecule has 3 aromatic heterocycles. The lowest BCUT2D eigenvalue weighted by Crippen LogP contribution is -2.24. The SMILES string of the molecule is Cc1cnc(N(c2cncc(N)n2)C(C)c2ncc(F)cn2)s1. The van der Waals surface area contributed by atoms with Crippen molar-refractivity contribution in [2.45, 2.75) is 19.9 Å². The van der Waals surface area contributed by atoms with E-state index in [4.69, 9.17) is 5.73 Å². The smallest absolute Gasteiger partial charge is 0.191 e. The van der Waals surface area contributed by atoms with E-state index < -0.39 is 5.82 Å². The zero-order valence-corrected chi connectivity index (χ0v) is 13.3. The molecule has 0 aliphatic rings. The second-order valence-corrected chi connectivity index (χ2v) is 6.07. The number of anilines is 3. The Hall–Kier alpha value is -2.68. The Bertz CT molecular complexity index is 805. The molecule has 23 heavy (non-hydrogen) atoms. The molecule has 0 radical (unpaired) electrons. The van der Waals surface area contributed by atoms with Crippen molar-refractivity contribution in [1.82, 2.24) is 24.9 Å². The fourth-order valence-corrected chi connectivity index (χ4v) is 2.90. The molecule has 0 aliphatic carbocycles. The van der Waals surface area contributed by atoms with Crippen LogP contribution >= 0.6 is 11.3 Å². The fraction of sp³-hybridized carbons (Fsp3) is 0.214. The summed E-state index contributed by atoms with van der Waals surface area (Å²) in [6.07, 6.45) is 7.09. The highest BCUT2D eigenvalue weighted by Gasteiger charge is 2.24. The molecule has 3 heterocycles. The topological polar surface area (TPSA) is 93.7 Å². The van der Waals surface area contributed by atoms with Gasteiger partial charge in [-0.05, 0) is 13.8 Å². The van der Waals surface area contributed by atoms with Crippen molar-refractivity contribution in [2.75, 3.05) is 10.6 Å². The van der Waals surface area contributed by atoms with Gasteiger partial charge in [-0.3, -0.25) is 9.88 Å². The number of rotatable bonds is 4. The van der Waals surface area contributed by atoms with Crippen molar-refractivity contribution >= 4 is 28.1 Å². The van der Waals surface area contributed by atoms with E-state index >= 15 is 0 Å². The number of nitrogens with two attached hydrogens (primary N) is 1. The molecule has 0 fully saturated rings. The summed E-state index contributed by atoms with van der Waals surface area (Å²) in [7, 11) is 0. The van der Waals surface area contributed by atoms with Gasteiger partial charge in [0.15, 0.2) is 22.6 Å². The van der Waals surface area contributed by atoms with E-state index in [0.29, 0.717) is 22.6 Å². The summed E-state index contributed by atoms with van der Waals surface area (Å²) in [4.78, 5) is 23.7. The third kappa shape index (κ3) is 3.24. The minimum absolute atomic E-state index is 0.299. The van der Waals surface area contributed by atoms with Crippen LogP contribution in [0.25, 0.3) is 0 Å². The third-order valence-electron chi connectivity index (χ3n) is 3.10. The standard InChI is InChI=1S/C14H14FN7S/c1-8-3-20-14(23-8)22(12-7-17-6-11(16)21-12)9(2)13-18-4-10(15)5-19-13/h3-7,9H,1-2H3,(H2,16,21). The molecule has 2 N–H and O–H groups in total. The van der Waals surface area contributed by atoms with Crippen LogP contribution in [-0.2, 0) is 0 Å². The van der Waals surface area contributed by atoms with Crippen molar-refractivity contribution in [1.29, 1.82) is 0 Å². The van der Waals surface area contributed by atoms with E-state index in [9.17, 15) is 4.39 Å². The number of aryl methyl sites for hydroxylation is 1. The van der Waals surface area contributed by atoms with Gasteiger partial charge in [0.25, 0.3) is 0 Å². The Labute approximate surface area is 136 Å². The third-order valence-corrected chi connectivity index (χ3v) is 4.02. The Morgan fingerprint density at radius 3 is 2.48 bits per heavy atom. The van der Waals surface area contributed by atoms with Crippen molar-refractivity contribution in [3.63, 3.8) is 0 Å². The van der Waals surface area contributed by atoms with E-state index in [1.807, 2.05) is 18.7 Å². The van der Waals surface area contributed by atoms with Gasteiger partial charge in [0, 0.05) is 11.1 Å². The maximum absolute atomic E-state index is 13.1. The molecule has 3 aromatic rings. The lowest BCUT2D eigenvalue weighted by Gasteiger charge is -2.26. The molecule has 9 heteroatoms. The van der Waals surface area contributed by atoms with E-state index in [0.717, 1.165) is 17.3 Å². The van der Waals surface area contributed by atoms with E-state index in [2.05, 4.69) is 24.9 Å². The van der Waals surface area contributed by atoms with Crippen LogP contribution in [0.5, 0.6) is 0 Å². The minimum atomic E-state index is -0.485. The van der Waals surface area contributed by atoms with Gasteiger partial charge < -0.3 is 5.73 Å². The zero-order chi connectivity index (χ0) is 16.4. The summed E-state index contributed by atoms with van der Waals surface area (Å²) in [5, 5.41) is 0.711. The second-order valence-electron chi connectivity index (χ2n) is 4.86. The summed E-state index contributed by atoms with van der Waals surface area (Å²) in [6.45, 7) is 3.85. The van der Waals surface area contributed by atoms with E-state index in [1.165, 1.54) is 17.5 Å². The minimum Gasteiger partial charge on any atom is -0.382 e. The highest BCUT2D eigenvalue weighted by atomic mass is 32.1. The van der Waals surface area contributed by atoms with Crippen LogP contribution in [0.4, 0.5) is 21.2 Å². The zero-order valence-electron chi connectivity index (χ0n) is 12.5. The number of thiazole rings is 1. The molecule has 0 spiro atoms. The van der Waals surface area contributed by atoms with Gasteiger partial charge in [-0.15, -0.1) is 11.3 Å². The molecule has 0 aromatic carbocycles. The predicted molar refractivity (Wildman–Crippen MR) is 85.8 cm³/mol. The van der Waals surface area contributed by atoms with Gasteiger partial charge in [0.2, 0.25) is 0 Å². The first-order valence-electron chi connectivity index (χ1n) is 6.81. The van der Waals surface area contributed by atoms with E-state index in [1.54, 1.807) is 12.4 Å². The molecule has 0 bridgehead atoms. The molecular formula is C14H14FN7S. The predicted octanol–water partition coefficient (Wildman–Crippen LogP) is 2.65. The Kier molecular flexibility index (Phi) is 4.11. The molecular weight excluding hydrogens is 317 g/mol. The summed E-state index contributed by atoms with van der Waals surface area (Å²) in [5.41, 5.74) is 5.74. The molecule has 1 atom stereocenters. The number of halogens is 1. The van der Waals surface area contributed by atoms with Crippen LogP contribution in [0.3, 0.4) is 0 Å². The molecule has 118 valence electrons. The quantitative estimate of drug-likeness (QED) is 0.785. The number of nitrogen functional groups attached to an aromatic ring is 1. The van der Waals surface area contributed by atoms with Crippen molar-refractivity contribution in [3.8, 4) is 0 Å². The van der Waals surface area contributed by atoms with Gasteiger partial charge in [-0.25, -0.2) is 24.3 Å². The maximum atomic E-state index is 13.1. The first-order valence-corrected chi connectivity index (χ1v) is 7.63. The lowest BCUT2D eigenvalue weighted by atomic mass is 10.2. The van der Waals surface area contributed by atoms with Crippen LogP contribution in [-0.4, -0.2) is 24.9 Å². The molecule has 0 saturated carbocycles. The van der Waals surface area contributed by atoms with Gasteiger partial charge in [-0.2, -0.15) is 0 Å². The first kappa shape index (κ1) is 15.2. The first-order chi connectivity index (χ1) is 11.0. The van der Waals surface area contributed by atoms with Crippen molar-refractivity contribution in [3.05, 3.63) is 47.5 Å². The van der Waals surface area contributed by atoms with Crippen molar-refractivity contribution in [2.24, 2.45) is 0 Å². The number of hydrogen-bond acceptors (Lipinski definition) is 8. The summed E-state index contributed by atoms with van der Waals surface area (Å²) in [6, 6.07) is -0.322. The highest BCUT2D eigenvalue weighted by Crippen LogP contribution is 2.35.